The van der Waals surface area contributed by atoms with Crippen LogP contribution in [0.1, 0.15) is 28.3 Å². The zero-order valence-corrected chi connectivity index (χ0v) is 18.9. The lowest BCUT2D eigenvalue weighted by Crippen LogP contribution is -2.20. The smallest absolute Gasteiger partial charge is 0.336 e. The summed E-state index contributed by atoms with van der Waals surface area (Å²) >= 11 is 0. The van der Waals surface area contributed by atoms with Crippen molar-refractivity contribution in [2.75, 3.05) is 35.5 Å². The molecule has 33 heavy (non-hydrogen) atoms. The third-order valence-corrected chi connectivity index (χ3v) is 5.24. The van der Waals surface area contributed by atoms with E-state index in [9.17, 15) is 14.4 Å². The Morgan fingerprint density at radius 2 is 1.52 bits per heavy atom. The van der Waals surface area contributed by atoms with Gasteiger partial charge in [-0.1, -0.05) is 0 Å². The lowest BCUT2D eigenvalue weighted by atomic mass is 9.89. The number of benzene rings is 2. The van der Waals surface area contributed by atoms with E-state index in [1.807, 2.05) is 0 Å². The first-order valence-electron chi connectivity index (χ1n) is 9.90. The van der Waals surface area contributed by atoms with Gasteiger partial charge in [-0.3, -0.25) is 9.59 Å². The quantitative estimate of drug-likeness (QED) is 0.272. The van der Waals surface area contributed by atoms with Crippen molar-refractivity contribution in [1.29, 1.82) is 0 Å². The molecule has 174 valence electrons. The number of rotatable bonds is 9. The standard InChI is InChI=1S/C24H24O9/c1-28-18-8-6-13(10-20(18)30-3)17(25)11-16(24(27)32-5)15-12-21(26)33-22-14(15)7-9-19(29-2)23(22)31-4/h6-10,12,16H,11H2,1-5H3. The van der Waals surface area contributed by atoms with Crippen LogP contribution in [0.2, 0.25) is 0 Å². The number of Topliss-reactive ketones (excluding diaryl/α,β-unsaturated/α-hetero) is 1. The Kier molecular flexibility index (Phi) is 7.22. The van der Waals surface area contributed by atoms with Crippen LogP contribution in [0.25, 0.3) is 11.0 Å². The van der Waals surface area contributed by atoms with Crippen molar-refractivity contribution in [3.8, 4) is 23.0 Å². The molecule has 9 nitrogen and oxygen atoms in total. The summed E-state index contributed by atoms with van der Waals surface area (Å²) in [4.78, 5) is 38.2. The largest absolute Gasteiger partial charge is 0.493 e. The van der Waals surface area contributed by atoms with Gasteiger partial charge in [0.1, 0.15) is 0 Å². The second-order valence-corrected chi connectivity index (χ2v) is 6.97. The van der Waals surface area contributed by atoms with Crippen LogP contribution in [0, 0.1) is 0 Å². The summed E-state index contributed by atoms with van der Waals surface area (Å²) in [6.07, 6.45) is -0.255. The minimum atomic E-state index is -1.07. The van der Waals surface area contributed by atoms with Gasteiger partial charge in [-0.25, -0.2) is 4.79 Å². The molecule has 1 atom stereocenters. The third-order valence-electron chi connectivity index (χ3n) is 5.24. The molecule has 9 heteroatoms. The van der Waals surface area contributed by atoms with Crippen molar-refractivity contribution in [2.45, 2.75) is 12.3 Å². The van der Waals surface area contributed by atoms with E-state index in [0.29, 0.717) is 28.2 Å². The van der Waals surface area contributed by atoms with E-state index in [-0.39, 0.29) is 29.1 Å². The van der Waals surface area contributed by atoms with Gasteiger partial charge < -0.3 is 28.1 Å². The number of carbonyl (C=O) groups is 2. The first kappa shape index (κ1) is 23.6. The average Bonchev–Trinajstić information content (AvgIpc) is 2.84. The summed E-state index contributed by atoms with van der Waals surface area (Å²) in [5.74, 6) is -0.712. The summed E-state index contributed by atoms with van der Waals surface area (Å²) in [5, 5.41) is 0.419. The van der Waals surface area contributed by atoms with Crippen LogP contribution in [-0.4, -0.2) is 47.3 Å². The number of hydrogen-bond donors (Lipinski definition) is 0. The molecule has 1 heterocycles. The number of carbonyl (C=O) groups excluding carboxylic acids is 2. The predicted molar refractivity (Wildman–Crippen MR) is 119 cm³/mol. The lowest BCUT2D eigenvalue weighted by molar-refractivity contribution is -0.142. The molecule has 0 amide bonds. The Morgan fingerprint density at radius 3 is 2.12 bits per heavy atom. The SMILES string of the molecule is COC(=O)C(CC(=O)c1ccc(OC)c(OC)c1)c1cc(=O)oc2c(OC)c(OC)ccc12. The third kappa shape index (κ3) is 4.62. The van der Waals surface area contributed by atoms with Crippen LogP contribution in [0.4, 0.5) is 0 Å². The maximum Gasteiger partial charge on any atom is 0.336 e. The van der Waals surface area contributed by atoms with E-state index >= 15 is 0 Å². The van der Waals surface area contributed by atoms with Gasteiger partial charge in [0.25, 0.3) is 0 Å². The van der Waals surface area contributed by atoms with Crippen LogP contribution in [0.3, 0.4) is 0 Å². The molecule has 0 radical (unpaired) electrons. The number of esters is 1. The van der Waals surface area contributed by atoms with Gasteiger partial charge in [0.15, 0.2) is 28.6 Å². The maximum atomic E-state index is 13.1. The van der Waals surface area contributed by atoms with Gasteiger partial charge in [-0.15, -0.1) is 0 Å². The van der Waals surface area contributed by atoms with Crippen LogP contribution in [0.5, 0.6) is 23.0 Å². The van der Waals surface area contributed by atoms with Gasteiger partial charge in [-0.2, -0.15) is 0 Å². The molecule has 1 unspecified atom stereocenters. The van der Waals surface area contributed by atoms with Crippen molar-refractivity contribution in [3.63, 3.8) is 0 Å². The van der Waals surface area contributed by atoms with Gasteiger partial charge in [0.05, 0.1) is 41.5 Å². The van der Waals surface area contributed by atoms with Crippen LogP contribution in [-0.2, 0) is 9.53 Å². The van der Waals surface area contributed by atoms with Crippen molar-refractivity contribution in [3.05, 3.63) is 57.9 Å². The van der Waals surface area contributed by atoms with E-state index in [1.54, 1.807) is 24.3 Å². The Morgan fingerprint density at radius 1 is 0.848 bits per heavy atom. The first-order valence-corrected chi connectivity index (χ1v) is 9.90. The lowest BCUT2D eigenvalue weighted by Gasteiger charge is -2.18. The van der Waals surface area contributed by atoms with E-state index < -0.39 is 17.5 Å². The Labute approximate surface area is 189 Å². The Balaban J connectivity index is 2.12. The molecule has 3 aromatic rings. The summed E-state index contributed by atoms with van der Waals surface area (Å²) < 4.78 is 31.4. The van der Waals surface area contributed by atoms with Crippen molar-refractivity contribution >= 4 is 22.7 Å². The number of fused-ring (bicyclic) bond motifs is 1. The molecule has 3 rings (SSSR count). The summed E-state index contributed by atoms with van der Waals surface area (Å²) in [6, 6.07) is 9.13. The molecule has 0 aliphatic rings. The van der Waals surface area contributed by atoms with Gasteiger partial charge in [0, 0.05) is 23.4 Å². The van der Waals surface area contributed by atoms with Crippen molar-refractivity contribution in [2.24, 2.45) is 0 Å². The minimum absolute atomic E-state index is 0.104. The topological polar surface area (TPSA) is 111 Å². The molecular weight excluding hydrogens is 432 g/mol. The molecule has 1 aromatic heterocycles. The van der Waals surface area contributed by atoms with Crippen molar-refractivity contribution in [1.82, 2.24) is 0 Å². The highest BCUT2D eigenvalue weighted by molar-refractivity contribution is 6.01. The normalized spacial score (nSPS) is 11.5. The molecule has 0 saturated heterocycles. The van der Waals surface area contributed by atoms with Crippen LogP contribution in [0.15, 0.2) is 45.6 Å². The summed E-state index contributed by atoms with van der Waals surface area (Å²) in [6.45, 7) is 0. The minimum Gasteiger partial charge on any atom is -0.493 e. The molecule has 2 aromatic carbocycles. The van der Waals surface area contributed by atoms with Crippen molar-refractivity contribution < 1.29 is 37.7 Å². The fourth-order valence-corrected chi connectivity index (χ4v) is 3.63. The summed E-state index contributed by atoms with van der Waals surface area (Å²) in [7, 11) is 7.02. The zero-order valence-electron chi connectivity index (χ0n) is 18.9. The molecule has 0 aliphatic heterocycles. The highest BCUT2D eigenvalue weighted by Crippen LogP contribution is 2.39. The molecule has 0 aliphatic carbocycles. The number of ketones is 1. The first-order chi connectivity index (χ1) is 15.9. The number of methoxy groups -OCH3 is 5. The van der Waals surface area contributed by atoms with Crippen LogP contribution < -0.4 is 24.6 Å². The second-order valence-electron chi connectivity index (χ2n) is 6.97. The fraction of sp³-hybridized carbons (Fsp3) is 0.292. The number of hydrogen-bond acceptors (Lipinski definition) is 9. The molecule has 0 bridgehead atoms. The van der Waals surface area contributed by atoms with Crippen LogP contribution >= 0.6 is 0 Å². The highest BCUT2D eigenvalue weighted by atomic mass is 16.5. The molecular formula is C24H24O9. The average molecular weight is 456 g/mol. The fourth-order valence-electron chi connectivity index (χ4n) is 3.63. The molecule has 0 saturated carbocycles. The monoisotopic (exact) mass is 456 g/mol. The van der Waals surface area contributed by atoms with Gasteiger partial charge in [-0.05, 0) is 35.9 Å². The number of ether oxygens (including phenoxy) is 5. The Hall–Kier alpha value is -4.01. The van der Waals surface area contributed by atoms with E-state index in [1.165, 1.54) is 47.7 Å². The van der Waals surface area contributed by atoms with E-state index in [2.05, 4.69) is 0 Å². The highest BCUT2D eigenvalue weighted by Gasteiger charge is 2.29. The molecule has 0 N–H and O–H groups in total. The van der Waals surface area contributed by atoms with Gasteiger partial charge in [0.2, 0.25) is 5.75 Å². The molecule has 0 fully saturated rings. The van der Waals surface area contributed by atoms with Gasteiger partial charge >= 0.3 is 11.6 Å². The second kappa shape index (κ2) is 10.1. The maximum absolute atomic E-state index is 13.1. The van der Waals surface area contributed by atoms with E-state index in [0.717, 1.165) is 0 Å². The summed E-state index contributed by atoms with van der Waals surface area (Å²) in [5.41, 5.74) is -0.0145. The Bertz CT molecular complexity index is 1240. The zero-order chi connectivity index (χ0) is 24.1. The molecule has 0 spiro atoms. The van der Waals surface area contributed by atoms with E-state index in [4.69, 9.17) is 28.1 Å². The predicted octanol–water partition coefficient (Wildman–Crippen LogP) is 3.36.